The van der Waals surface area contributed by atoms with Crippen molar-refractivity contribution in [1.82, 2.24) is 10.6 Å². The molecule has 0 aliphatic rings. The number of furan rings is 1. The molecule has 1 aromatic rings. The van der Waals surface area contributed by atoms with Crippen LogP contribution in [0.4, 0.5) is 4.79 Å². The lowest BCUT2D eigenvalue weighted by molar-refractivity contribution is -0.144. The van der Waals surface area contributed by atoms with Crippen LogP contribution in [-0.4, -0.2) is 35.2 Å². The van der Waals surface area contributed by atoms with Crippen LogP contribution in [0.15, 0.2) is 22.8 Å². The Bertz CT molecular complexity index is 436. The van der Waals surface area contributed by atoms with Gasteiger partial charge in [0, 0.05) is 6.54 Å². The average molecular weight is 300 g/mol. The number of carboxylic acids is 1. The number of nitrogens with one attached hydrogen (secondary N) is 2. The second kappa shape index (κ2) is 7.84. The zero-order valence-electron chi connectivity index (χ0n) is 11.6. The zero-order valence-corrected chi connectivity index (χ0v) is 12.5. The summed E-state index contributed by atoms with van der Waals surface area (Å²) in [7, 11) is 0. The van der Waals surface area contributed by atoms with Crippen LogP contribution in [0.1, 0.15) is 26.0 Å². The molecular weight excluding hydrogens is 280 g/mol. The maximum Gasteiger partial charge on any atom is 0.337 e. The van der Waals surface area contributed by atoms with Crippen molar-refractivity contribution in [2.45, 2.75) is 25.8 Å². The van der Waals surface area contributed by atoms with Gasteiger partial charge in [0.25, 0.3) is 0 Å². The van der Waals surface area contributed by atoms with Crippen LogP contribution < -0.4 is 10.6 Å². The van der Waals surface area contributed by atoms with Crippen molar-refractivity contribution < 1.29 is 19.1 Å². The molecule has 0 radical (unpaired) electrons. The Kier molecular flexibility index (Phi) is 6.44. The molecule has 1 unspecified atom stereocenters. The molecule has 112 valence electrons. The Labute approximate surface area is 122 Å². The van der Waals surface area contributed by atoms with Crippen LogP contribution in [0.25, 0.3) is 0 Å². The number of hydrogen-bond donors (Lipinski definition) is 3. The average Bonchev–Trinajstić information content (AvgIpc) is 2.92. The first-order valence-electron chi connectivity index (χ1n) is 6.42. The topological polar surface area (TPSA) is 91.6 Å². The summed E-state index contributed by atoms with van der Waals surface area (Å²) >= 11 is 1.80. The fraction of sp³-hybridized carbons (Fsp3) is 0.538. The second-order valence-corrected chi connectivity index (χ2v) is 5.73. The van der Waals surface area contributed by atoms with Gasteiger partial charge in [-0.05, 0) is 37.0 Å². The van der Waals surface area contributed by atoms with E-state index >= 15 is 0 Å². The molecule has 1 aromatic heterocycles. The molecule has 1 rings (SSSR count). The minimum absolute atomic E-state index is 0.182. The van der Waals surface area contributed by atoms with Crippen molar-refractivity contribution >= 4 is 23.8 Å². The quantitative estimate of drug-likeness (QED) is 0.639. The molecule has 0 bridgehead atoms. The van der Waals surface area contributed by atoms with E-state index in [1.54, 1.807) is 17.8 Å². The van der Waals surface area contributed by atoms with Gasteiger partial charge in [0.2, 0.25) is 0 Å². The third kappa shape index (κ3) is 4.48. The van der Waals surface area contributed by atoms with E-state index in [0.717, 1.165) is 17.9 Å². The molecule has 20 heavy (non-hydrogen) atoms. The summed E-state index contributed by atoms with van der Waals surface area (Å²) in [6.45, 7) is 3.97. The first-order valence-corrected chi connectivity index (χ1v) is 7.57. The number of amides is 2. The SMILES string of the molecule is CCSCCCNC(=O)NC(C)(C(=O)O)c1ccco1. The van der Waals surface area contributed by atoms with Crippen molar-refractivity contribution in [1.29, 1.82) is 0 Å². The first-order chi connectivity index (χ1) is 9.50. The van der Waals surface area contributed by atoms with E-state index in [1.165, 1.54) is 19.3 Å². The molecule has 0 fully saturated rings. The molecule has 7 heteroatoms. The van der Waals surface area contributed by atoms with Crippen molar-refractivity contribution in [3.63, 3.8) is 0 Å². The number of hydrogen-bond acceptors (Lipinski definition) is 4. The Morgan fingerprint density at radius 1 is 1.50 bits per heavy atom. The molecular formula is C13H20N2O4S. The van der Waals surface area contributed by atoms with E-state index in [1.807, 2.05) is 0 Å². The highest BCUT2D eigenvalue weighted by Crippen LogP contribution is 2.21. The van der Waals surface area contributed by atoms with Gasteiger partial charge < -0.3 is 20.2 Å². The summed E-state index contributed by atoms with van der Waals surface area (Å²) in [5.41, 5.74) is -1.58. The van der Waals surface area contributed by atoms with E-state index in [2.05, 4.69) is 17.6 Å². The Morgan fingerprint density at radius 3 is 2.80 bits per heavy atom. The van der Waals surface area contributed by atoms with Gasteiger partial charge in [-0.15, -0.1) is 0 Å². The molecule has 0 spiro atoms. The van der Waals surface area contributed by atoms with E-state index in [-0.39, 0.29) is 5.76 Å². The number of carboxylic acid groups (broad SMARTS) is 1. The van der Waals surface area contributed by atoms with Gasteiger partial charge in [0.05, 0.1) is 6.26 Å². The number of aliphatic carboxylic acids is 1. The molecule has 0 aliphatic heterocycles. The molecule has 0 aliphatic carbocycles. The Morgan fingerprint density at radius 2 is 2.25 bits per heavy atom. The highest BCUT2D eigenvalue weighted by atomic mass is 32.2. The predicted molar refractivity (Wildman–Crippen MR) is 77.8 cm³/mol. The number of carbonyl (C=O) groups is 2. The van der Waals surface area contributed by atoms with E-state index in [0.29, 0.717) is 6.54 Å². The van der Waals surface area contributed by atoms with Gasteiger partial charge in [-0.2, -0.15) is 11.8 Å². The van der Waals surface area contributed by atoms with Gasteiger partial charge in [0.1, 0.15) is 5.76 Å². The normalized spacial score (nSPS) is 13.5. The van der Waals surface area contributed by atoms with Crippen molar-refractivity contribution in [3.05, 3.63) is 24.2 Å². The number of rotatable bonds is 8. The summed E-state index contributed by atoms with van der Waals surface area (Å²) < 4.78 is 5.09. The summed E-state index contributed by atoms with van der Waals surface area (Å²) in [6.07, 6.45) is 2.22. The van der Waals surface area contributed by atoms with E-state index in [9.17, 15) is 14.7 Å². The van der Waals surface area contributed by atoms with Crippen LogP contribution in [0, 0.1) is 0 Å². The molecule has 6 nitrogen and oxygen atoms in total. The minimum Gasteiger partial charge on any atom is -0.479 e. The minimum atomic E-state index is -1.58. The van der Waals surface area contributed by atoms with Crippen LogP contribution in [0.2, 0.25) is 0 Å². The summed E-state index contributed by atoms with van der Waals surface area (Å²) in [5, 5.41) is 14.4. The van der Waals surface area contributed by atoms with E-state index in [4.69, 9.17) is 4.42 Å². The lowest BCUT2D eigenvalue weighted by Gasteiger charge is -2.24. The third-order valence-electron chi connectivity index (χ3n) is 2.76. The maximum atomic E-state index is 11.8. The Hall–Kier alpha value is -1.63. The van der Waals surface area contributed by atoms with Gasteiger partial charge in [-0.1, -0.05) is 6.92 Å². The van der Waals surface area contributed by atoms with E-state index < -0.39 is 17.5 Å². The van der Waals surface area contributed by atoms with Gasteiger partial charge in [0.15, 0.2) is 5.54 Å². The molecule has 0 saturated carbocycles. The van der Waals surface area contributed by atoms with Gasteiger partial charge >= 0.3 is 12.0 Å². The molecule has 1 heterocycles. The largest absolute Gasteiger partial charge is 0.479 e. The van der Waals surface area contributed by atoms with Crippen LogP contribution >= 0.6 is 11.8 Å². The standard InChI is InChI=1S/C13H20N2O4S/c1-3-20-9-5-7-14-12(18)15-13(2,11(16)17)10-6-4-8-19-10/h4,6,8H,3,5,7,9H2,1-2H3,(H,16,17)(H2,14,15,18). The second-order valence-electron chi connectivity index (χ2n) is 4.34. The number of thioether (sulfide) groups is 1. The highest BCUT2D eigenvalue weighted by molar-refractivity contribution is 7.99. The van der Waals surface area contributed by atoms with Crippen molar-refractivity contribution in [2.75, 3.05) is 18.1 Å². The summed E-state index contributed by atoms with van der Waals surface area (Å²) in [6, 6.07) is 2.58. The molecule has 2 amide bonds. The maximum absolute atomic E-state index is 11.8. The number of carbonyl (C=O) groups excluding carboxylic acids is 1. The first kappa shape index (κ1) is 16.4. The Balaban J connectivity index is 2.51. The van der Waals surface area contributed by atoms with Crippen LogP contribution in [-0.2, 0) is 10.3 Å². The lowest BCUT2D eigenvalue weighted by atomic mass is 9.99. The molecule has 0 aromatic carbocycles. The fourth-order valence-corrected chi connectivity index (χ4v) is 2.21. The van der Waals surface area contributed by atoms with Crippen molar-refractivity contribution in [2.24, 2.45) is 0 Å². The monoisotopic (exact) mass is 300 g/mol. The molecule has 0 saturated heterocycles. The lowest BCUT2D eigenvalue weighted by Crippen LogP contribution is -2.52. The summed E-state index contributed by atoms with van der Waals surface area (Å²) in [5.74, 6) is 1.01. The highest BCUT2D eigenvalue weighted by Gasteiger charge is 2.39. The fourth-order valence-electron chi connectivity index (χ4n) is 1.58. The summed E-state index contributed by atoms with van der Waals surface area (Å²) in [4.78, 5) is 23.1. The smallest absolute Gasteiger partial charge is 0.337 e. The predicted octanol–water partition coefficient (Wildman–Crippen LogP) is 2.02. The third-order valence-corrected chi connectivity index (χ3v) is 3.75. The molecule has 3 N–H and O–H groups in total. The van der Waals surface area contributed by atoms with Gasteiger partial charge in [-0.25, -0.2) is 9.59 Å². The zero-order chi connectivity index (χ0) is 15.0. The molecule has 1 atom stereocenters. The van der Waals surface area contributed by atoms with Gasteiger partial charge in [-0.3, -0.25) is 0 Å². The van der Waals surface area contributed by atoms with Crippen LogP contribution in [0.3, 0.4) is 0 Å². The van der Waals surface area contributed by atoms with Crippen molar-refractivity contribution in [3.8, 4) is 0 Å². The van der Waals surface area contributed by atoms with Crippen LogP contribution in [0.5, 0.6) is 0 Å². The number of urea groups is 1.